The lowest BCUT2D eigenvalue weighted by Crippen LogP contribution is -2.43. The highest BCUT2D eigenvalue weighted by Gasteiger charge is 2.22. The zero-order chi connectivity index (χ0) is 44.5. The van der Waals surface area contributed by atoms with Gasteiger partial charge in [-0.3, -0.25) is 29.5 Å². The summed E-state index contributed by atoms with van der Waals surface area (Å²) in [5.41, 5.74) is 7.38. The number of fused-ring (bicyclic) bond motifs is 4. The molecule has 15 nitrogen and oxygen atoms in total. The van der Waals surface area contributed by atoms with Crippen molar-refractivity contribution in [2.24, 2.45) is 0 Å². The maximum absolute atomic E-state index is 13.7. The van der Waals surface area contributed by atoms with Gasteiger partial charge in [0.2, 0.25) is 0 Å². The molecule has 2 N–H and O–H groups in total. The number of likely N-dealkylation sites (tertiary alicyclic amines) is 2. The van der Waals surface area contributed by atoms with E-state index >= 15 is 0 Å². The number of piperidine rings is 2. The van der Waals surface area contributed by atoms with Crippen LogP contribution in [-0.2, 0) is 39.0 Å². The summed E-state index contributed by atoms with van der Waals surface area (Å²) >= 11 is 0. The number of halogens is 1. The normalized spacial score (nSPS) is 17.1. The van der Waals surface area contributed by atoms with Crippen LogP contribution in [0.2, 0.25) is 0 Å². The van der Waals surface area contributed by atoms with Crippen molar-refractivity contribution >= 4 is 22.1 Å². The maximum atomic E-state index is 13.7. The first kappa shape index (κ1) is 44.4. The van der Waals surface area contributed by atoms with E-state index in [4.69, 9.17) is 14.2 Å². The lowest BCUT2D eigenvalue weighted by atomic mass is 10.0. The number of nitrogens with zero attached hydrogens (tertiary/aromatic N) is 8. The summed E-state index contributed by atoms with van der Waals surface area (Å²) in [6, 6.07) is 15.1. The molecule has 0 aromatic carbocycles. The van der Waals surface area contributed by atoms with E-state index in [1.807, 2.05) is 18.5 Å². The molecule has 10 heterocycles. The Kier molecular flexibility index (Phi) is 14.3. The Labute approximate surface area is 378 Å². The van der Waals surface area contributed by atoms with Crippen molar-refractivity contribution in [3.05, 3.63) is 122 Å². The predicted molar refractivity (Wildman–Crippen MR) is 247 cm³/mol. The second-order valence-electron chi connectivity index (χ2n) is 17.4. The summed E-state index contributed by atoms with van der Waals surface area (Å²) in [4.78, 5) is 47.3. The number of nitrogens with one attached hydrogen (secondary N) is 2. The highest BCUT2D eigenvalue weighted by atomic mass is 19.1. The van der Waals surface area contributed by atoms with Crippen molar-refractivity contribution in [1.82, 2.24) is 49.5 Å². The molecule has 0 bridgehead atoms. The molecule has 0 saturated carbocycles. The monoisotopic (exact) mass is 886 g/mol. The molecular weight excluding hydrogens is 828 g/mol. The van der Waals surface area contributed by atoms with Crippen LogP contribution in [0.4, 0.5) is 4.39 Å². The molecule has 2 fully saturated rings. The van der Waals surface area contributed by atoms with Gasteiger partial charge in [-0.05, 0) is 113 Å². The molecule has 16 heteroatoms. The van der Waals surface area contributed by atoms with E-state index in [0.29, 0.717) is 42.0 Å². The molecule has 4 aliphatic heterocycles. The zero-order valence-electron chi connectivity index (χ0n) is 37.2. The summed E-state index contributed by atoms with van der Waals surface area (Å²) in [5.74, 6) is 2.11. The molecule has 0 spiro atoms. The largest absolute Gasteiger partial charge is 0.495 e. The topological polar surface area (TPSA) is 154 Å². The Morgan fingerprint density at radius 3 is 1.63 bits per heavy atom. The van der Waals surface area contributed by atoms with E-state index in [1.165, 1.54) is 29.5 Å². The average Bonchev–Trinajstić information content (AvgIpc) is 3.35. The number of methoxy groups -OCH3 is 1. The summed E-state index contributed by atoms with van der Waals surface area (Å²) in [6.45, 7) is 9.88. The molecule has 0 unspecified atom stereocenters. The van der Waals surface area contributed by atoms with Crippen molar-refractivity contribution in [3.63, 3.8) is 0 Å². The van der Waals surface area contributed by atoms with E-state index < -0.39 is 5.82 Å². The van der Waals surface area contributed by atoms with Crippen molar-refractivity contribution in [2.45, 2.75) is 89.6 Å². The quantitative estimate of drug-likeness (QED) is 0.162. The van der Waals surface area contributed by atoms with Gasteiger partial charge in [0, 0.05) is 75.6 Å². The Balaban J connectivity index is 0.000000164. The van der Waals surface area contributed by atoms with Crippen LogP contribution in [0.3, 0.4) is 0 Å². The lowest BCUT2D eigenvalue weighted by molar-refractivity contribution is 0.191. The maximum Gasteiger partial charge on any atom is 0.251 e. The fraction of sp³-hybridized carbons (Fsp3) is 0.469. The van der Waals surface area contributed by atoms with E-state index in [9.17, 15) is 14.0 Å². The van der Waals surface area contributed by atoms with E-state index in [2.05, 4.69) is 52.5 Å². The van der Waals surface area contributed by atoms with Crippen LogP contribution >= 0.6 is 0 Å². The Morgan fingerprint density at radius 2 is 1.12 bits per heavy atom. The van der Waals surface area contributed by atoms with E-state index in [0.717, 1.165) is 151 Å². The Hall–Kier alpha value is -5.81. The van der Waals surface area contributed by atoms with Crippen molar-refractivity contribution in [1.29, 1.82) is 0 Å². The van der Waals surface area contributed by atoms with Gasteiger partial charge in [0.05, 0.1) is 78.6 Å². The number of hydrogen-bond donors (Lipinski definition) is 2. The summed E-state index contributed by atoms with van der Waals surface area (Å²) < 4.78 is 33.7. The molecule has 0 amide bonds. The third-order valence-corrected chi connectivity index (χ3v) is 13.2. The minimum Gasteiger partial charge on any atom is -0.495 e. The van der Waals surface area contributed by atoms with E-state index in [-0.39, 0.29) is 11.1 Å². The van der Waals surface area contributed by atoms with Gasteiger partial charge in [-0.1, -0.05) is 0 Å². The molecule has 10 rings (SSSR count). The van der Waals surface area contributed by atoms with Crippen molar-refractivity contribution < 1.29 is 18.6 Å². The second kappa shape index (κ2) is 21.0. The van der Waals surface area contributed by atoms with Gasteiger partial charge in [0.1, 0.15) is 23.1 Å². The van der Waals surface area contributed by atoms with Crippen molar-refractivity contribution in [3.8, 4) is 17.2 Å². The summed E-state index contributed by atoms with van der Waals surface area (Å²) in [5, 5.41) is 7.32. The number of pyridine rings is 6. The van der Waals surface area contributed by atoms with Crippen LogP contribution in [0.25, 0.3) is 22.1 Å². The standard InChI is InChI=1S/C25H31N5O3.C24H28FN5O2/c1-32-21-14-23-22(28-16-21)4-5-25(31)30(23)11-10-29-8-6-19(7-9-29)26-15-20-13-18-3-2-12-33-24(18)17-27-20;25-18-13-22-21(28-14-18)3-4-24(31)30(22)10-9-29-7-5-19(6-8-29)26-15-20-12-17-2-1-11-32-23(17)16-27-20/h4-5,13-14,16-17,19,26H,2-3,6-12,15H2,1H3;3-4,12-14,16,19,26H,1-2,5-11,15H2. The van der Waals surface area contributed by atoms with Crippen LogP contribution < -0.4 is 36.0 Å². The number of ether oxygens (including phenoxy) is 3. The Bertz CT molecular complexity index is 2700. The SMILES string of the molecule is COc1cnc2ccc(=O)n(CCN3CCC(NCc4cc5c(cn4)OCCC5)CC3)c2c1.O=c1ccc2ncc(F)cc2n1CCN1CCC(NCc2cc3c(cn2)OCCC3)CC1. The highest BCUT2D eigenvalue weighted by molar-refractivity contribution is 5.76. The number of hydrogen-bond acceptors (Lipinski definition) is 13. The van der Waals surface area contributed by atoms with Gasteiger partial charge in [-0.15, -0.1) is 0 Å². The number of rotatable bonds is 13. The number of aryl methyl sites for hydroxylation is 2. The van der Waals surface area contributed by atoms with Gasteiger partial charge < -0.3 is 43.8 Å². The third-order valence-electron chi connectivity index (χ3n) is 13.2. The molecular formula is C49H59FN10O5. The fourth-order valence-electron chi connectivity index (χ4n) is 9.37. The minimum atomic E-state index is -0.426. The van der Waals surface area contributed by atoms with Gasteiger partial charge in [-0.2, -0.15) is 0 Å². The molecule has 0 atom stereocenters. The fourth-order valence-corrected chi connectivity index (χ4v) is 9.37. The van der Waals surface area contributed by atoms with Crippen LogP contribution in [0.1, 0.15) is 61.0 Å². The smallest absolute Gasteiger partial charge is 0.251 e. The predicted octanol–water partition coefficient (Wildman–Crippen LogP) is 4.89. The number of aromatic nitrogens is 6. The van der Waals surface area contributed by atoms with Gasteiger partial charge in [-0.25, -0.2) is 4.39 Å². The third kappa shape index (κ3) is 11.2. The van der Waals surface area contributed by atoms with Crippen LogP contribution in [0.15, 0.2) is 82.9 Å². The van der Waals surface area contributed by atoms with Gasteiger partial charge >= 0.3 is 0 Å². The highest BCUT2D eigenvalue weighted by Crippen LogP contribution is 2.26. The first-order valence-corrected chi connectivity index (χ1v) is 23.2. The molecule has 4 aliphatic rings. The summed E-state index contributed by atoms with van der Waals surface area (Å²) in [6.07, 6.45) is 15.2. The van der Waals surface area contributed by atoms with E-state index in [1.54, 1.807) is 40.6 Å². The molecule has 2 saturated heterocycles. The summed E-state index contributed by atoms with van der Waals surface area (Å²) in [7, 11) is 1.61. The Morgan fingerprint density at radius 1 is 0.631 bits per heavy atom. The molecule has 6 aromatic heterocycles. The molecule has 342 valence electrons. The zero-order valence-corrected chi connectivity index (χ0v) is 37.2. The van der Waals surface area contributed by atoms with Crippen LogP contribution in [0, 0.1) is 5.82 Å². The van der Waals surface area contributed by atoms with Gasteiger partial charge in [0.25, 0.3) is 11.1 Å². The first-order valence-electron chi connectivity index (χ1n) is 23.2. The van der Waals surface area contributed by atoms with Crippen molar-refractivity contribution in [2.75, 3.05) is 59.6 Å². The molecule has 0 radical (unpaired) electrons. The molecule has 65 heavy (non-hydrogen) atoms. The van der Waals surface area contributed by atoms with Crippen LogP contribution in [-0.4, -0.2) is 111 Å². The molecule has 6 aromatic rings. The van der Waals surface area contributed by atoms with Gasteiger partial charge in [0.15, 0.2) is 0 Å². The minimum absolute atomic E-state index is 0.00273. The average molecular weight is 887 g/mol. The first-order chi connectivity index (χ1) is 31.8. The molecule has 0 aliphatic carbocycles. The second-order valence-corrected chi connectivity index (χ2v) is 17.4. The van der Waals surface area contributed by atoms with Crippen LogP contribution in [0.5, 0.6) is 17.2 Å². The lowest BCUT2D eigenvalue weighted by Gasteiger charge is -2.32.